The van der Waals surface area contributed by atoms with Gasteiger partial charge in [0, 0.05) is 6.61 Å². The number of rotatable bonds is 7. The first-order chi connectivity index (χ1) is 8.34. The Morgan fingerprint density at radius 1 is 1.18 bits per heavy atom. The molecule has 0 saturated heterocycles. The van der Waals surface area contributed by atoms with Gasteiger partial charge in [0.05, 0.1) is 5.56 Å². The second-order valence-corrected chi connectivity index (χ2v) is 3.66. The Labute approximate surface area is 102 Å². The van der Waals surface area contributed by atoms with E-state index in [1.54, 1.807) is 24.3 Å². The second-order valence-electron chi connectivity index (χ2n) is 3.66. The molecule has 17 heavy (non-hydrogen) atoms. The highest BCUT2D eigenvalue weighted by molar-refractivity contribution is 5.89. The minimum Gasteiger partial charge on any atom is -0.458 e. The Kier molecular flexibility index (Phi) is 6.75. The first-order valence-electron chi connectivity index (χ1n) is 5.82. The predicted molar refractivity (Wildman–Crippen MR) is 66.8 cm³/mol. The van der Waals surface area contributed by atoms with Crippen molar-refractivity contribution in [2.75, 3.05) is 13.2 Å². The number of allylic oxidation sites excluding steroid dienone is 1. The van der Waals surface area contributed by atoms with Crippen LogP contribution in [-0.4, -0.2) is 24.3 Å². The van der Waals surface area contributed by atoms with E-state index in [1.165, 1.54) is 0 Å². The van der Waals surface area contributed by atoms with Crippen molar-refractivity contribution in [1.29, 1.82) is 0 Å². The van der Waals surface area contributed by atoms with Crippen molar-refractivity contribution in [1.82, 2.24) is 0 Å². The van der Waals surface area contributed by atoms with Crippen LogP contribution in [0.25, 0.3) is 0 Å². The van der Waals surface area contributed by atoms with Crippen molar-refractivity contribution in [2.45, 2.75) is 19.3 Å². The molecule has 1 aromatic rings. The van der Waals surface area contributed by atoms with Gasteiger partial charge in [-0.15, -0.1) is 0 Å². The number of unbranched alkanes of at least 4 members (excludes halogenated alkanes) is 2. The summed E-state index contributed by atoms with van der Waals surface area (Å²) >= 11 is 0. The molecule has 1 aromatic carbocycles. The lowest BCUT2D eigenvalue weighted by molar-refractivity contribution is 0.0549. The maximum Gasteiger partial charge on any atom is 0.338 e. The minimum atomic E-state index is -0.300. The monoisotopic (exact) mass is 234 g/mol. The molecule has 0 radical (unpaired) electrons. The zero-order valence-corrected chi connectivity index (χ0v) is 9.84. The molecule has 0 bridgehead atoms. The highest BCUT2D eigenvalue weighted by Gasteiger charge is 2.03. The Bertz CT molecular complexity index is 344. The first-order valence-corrected chi connectivity index (χ1v) is 5.82. The number of esters is 1. The lowest BCUT2D eigenvalue weighted by atomic mass is 10.2. The van der Waals surface area contributed by atoms with Crippen LogP contribution in [0.3, 0.4) is 0 Å². The number of carbonyl (C=O) groups excluding carboxylic acids is 1. The summed E-state index contributed by atoms with van der Waals surface area (Å²) in [5, 5.41) is 8.57. The zero-order chi connectivity index (χ0) is 12.3. The lowest BCUT2D eigenvalue weighted by Crippen LogP contribution is -2.04. The van der Waals surface area contributed by atoms with Crippen molar-refractivity contribution in [3.63, 3.8) is 0 Å². The molecule has 1 N–H and O–H groups in total. The van der Waals surface area contributed by atoms with Gasteiger partial charge in [-0.1, -0.05) is 30.4 Å². The Balaban J connectivity index is 2.16. The maximum atomic E-state index is 11.5. The molecule has 0 aliphatic carbocycles. The smallest absolute Gasteiger partial charge is 0.338 e. The van der Waals surface area contributed by atoms with Gasteiger partial charge in [-0.2, -0.15) is 0 Å². The van der Waals surface area contributed by atoms with E-state index >= 15 is 0 Å². The van der Waals surface area contributed by atoms with Crippen molar-refractivity contribution < 1.29 is 14.6 Å². The quantitative estimate of drug-likeness (QED) is 0.448. The maximum absolute atomic E-state index is 11.5. The minimum absolute atomic E-state index is 0.233. The number of carbonyl (C=O) groups is 1. The fourth-order valence-electron chi connectivity index (χ4n) is 1.34. The molecule has 0 fully saturated rings. The summed E-state index contributed by atoms with van der Waals surface area (Å²) in [6.07, 6.45) is 6.48. The molecule has 0 heterocycles. The van der Waals surface area contributed by atoms with E-state index in [0.29, 0.717) is 12.2 Å². The molecule has 0 aliphatic rings. The molecule has 92 valence electrons. The van der Waals surface area contributed by atoms with Crippen molar-refractivity contribution in [2.24, 2.45) is 0 Å². The van der Waals surface area contributed by atoms with Gasteiger partial charge in [0.25, 0.3) is 0 Å². The molecular weight excluding hydrogens is 216 g/mol. The predicted octanol–water partition coefficient (Wildman–Crippen LogP) is 2.56. The summed E-state index contributed by atoms with van der Waals surface area (Å²) in [6, 6.07) is 8.93. The van der Waals surface area contributed by atoms with Gasteiger partial charge < -0.3 is 9.84 Å². The van der Waals surface area contributed by atoms with Gasteiger partial charge in [0.15, 0.2) is 0 Å². The van der Waals surface area contributed by atoms with Crippen LogP contribution in [0.1, 0.15) is 29.6 Å². The van der Waals surface area contributed by atoms with E-state index in [4.69, 9.17) is 9.84 Å². The Hall–Kier alpha value is -1.61. The van der Waals surface area contributed by atoms with Gasteiger partial charge >= 0.3 is 5.97 Å². The molecule has 3 nitrogen and oxygen atoms in total. The topological polar surface area (TPSA) is 46.5 Å². The van der Waals surface area contributed by atoms with E-state index < -0.39 is 0 Å². The summed E-state index contributed by atoms with van der Waals surface area (Å²) in [7, 11) is 0. The first kappa shape index (κ1) is 13.5. The van der Waals surface area contributed by atoms with Crippen LogP contribution in [0.15, 0.2) is 42.5 Å². The van der Waals surface area contributed by atoms with E-state index in [9.17, 15) is 4.79 Å². The summed E-state index contributed by atoms with van der Waals surface area (Å²) in [5.74, 6) is -0.300. The largest absolute Gasteiger partial charge is 0.458 e. The third kappa shape index (κ3) is 5.88. The molecule has 0 aliphatic heterocycles. The molecule has 0 spiro atoms. The molecule has 1 rings (SSSR count). The number of benzene rings is 1. The van der Waals surface area contributed by atoms with Gasteiger partial charge in [0.1, 0.15) is 6.61 Å². The van der Waals surface area contributed by atoms with Crippen LogP contribution < -0.4 is 0 Å². The van der Waals surface area contributed by atoms with Crippen LogP contribution in [0.4, 0.5) is 0 Å². The zero-order valence-electron chi connectivity index (χ0n) is 9.84. The fraction of sp³-hybridized carbons (Fsp3) is 0.357. The van der Waals surface area contributed by atoms with Crippen LogP contribution in [-0.2, 0) is 4.74 Å². The molecular formula is C14H18O3. The average molecular weight is 234 g/mol. The molecule has 0 saturated carbocycles. The summed E-state index contributed by atoms with van der Waals surface area (Å²) in [5.41, 5.74) is 0.571. The lowest BCUT2D eigenvalue weighted by Gasteiger charge is -2.00. The number of hydrogen-bond acceptors (Lipinski definition) is 3. The van der Waals surface area contributed by atoms with Gasteiger partial charge in [-0.3, -0.25) is 0 Å². The second kappa shape index (κ2) is 8.53. The highest BCUT2D eigenvalue weighted by Crippen LogP contribution is 2.01. The molecule has 0 aromatic heterocycles. The summed E-state index contributed by atoms with van der Waals surface area (Å²) in [4.78, 5) is 11.5. The molecule has 0 atom stereocenters. The highest BCUT2D eigenvalue weighted by atomic mass is 16.5. The normalized spacial score (nSPS) is 10.6. The third-order valence-corrected chi connectivity index (χ3v) is 2.27. The van der Waals surface area contributed by atoms with Gasteiger partial charge in [-0.25, -0.2) is 4.79 Å². The average Bonchev–Trinajstić information content (AvgIpc) is 2.38. The molecule has 3 heteroatoms. The van der Waals surface area contributed by atoms with Crippen LogP contribution >= 0.6 is 0 Å². The standard InChI is InChI=1S/C14H18O3/c15-11-7-2-1-3-8-12-17-14(16)13-9-5-4-6-10-13/h3-6,8-10,15H,1-2,7,11-12H2/b8-3+. The van der Waals surface area contributed by atoms with E-state index in [0.717, 1.165) is 19.3 Å². The Morgan fingerprint density at radius 2 is 1.94 bits per heavy atom. The number of aliphatic hydroxyl groups excluding tert-OH is 1. The van der Waals surface area contributed by atoms with Crippen molar-refractivity contribution >= 4 is 5.97 Å². The Morgan fingerprint density at radius 3 is 2.65 bits per heavy atom. The number of hydrogen-bond donors (Lipinski definition) is 1. The van der Waals surface area contributed by atoms with Crippen molar-refractivity contribution in [3.8, 4) is 0 Å². The number of aliphatic hydroxyl groups is 1. The van der Waals surface area contributed by atoms with Gasteiger partial charge in [-0.05, 0) is 31.4 Å². The summed E-state index contributed by atoms with van der Waals surface area (Å²) < 4.78 is 5.06. The SMILES string of the molecule is O=C(OC/C=C/CCCCO)c1ccccc1. The van der Waals surface area contributed by atoms with E-state index in [-0.39, 0.29) is 12.6 Å². The molecule has 0 amide bonds. The number of ether oxygens (including phenoxy) is 1. The molecule has 0 unspecified atom stereocenters. The van der Waals surface area contributed by atoms with E-state index in [2.05, 4.69) is 0 Å². The van der Waals surface area contributed by atoms with E-state index in [1.807, 2.05) is 18.2 Å². The van der Waals surface area contributed by atoms with Crippen LogP contribution in [0.2, 0.25) is 0 Å². The van der Waals surface area contributed by atoms with Gasteiger partial charge in [0.2, 0.25) is 0 Å². The van der Waals surface area contributed by atoms with Crippen LogP contribution in [0.5, 0.6) is 0 Å². The summed E-state index contributed by atoms with van der Waals surface area (Å²) in [6.45, 7) is 0.531. The fourth-order valence-corrected chi connectivity index (χ4v) is 1.34. The third-order valence-electron chi connectivity index (χ3n) is 2.27. The van der Waals surface area contributed by atoms with Crippen molar-refractivity contribution in [3.05, 3.63) is 48.0 Å². The van der Waals surface area contributed by atoms with Crippen LogP contribution in [0, 0.1) is 0 Å².